The van der Waals surface area contributed by atoms with Gasteiger partial charge in [-0.3, -0.25) is 10.3 Å². The highest BCUT2D eigenvalue weighted by Crippen LogP contribution is 2.35. The van der Waals surface area contributed by atoms with Crippen molar-refractivity contribution >= 4 is 16.7 Å². The van der Waals surface area contributed by atoms with Gasteiger partial charge in [-0.25, -0.2) is 4.98 Å². The number of H-pyrrole nitrogens is 1. The van der Waals surface area contributed by atoms with E-state index in [1.807, 2.05) is 49.4 Å². The monoisotopic (exact) mass is 356 g/mol. The molecule has 0 saturated heterocycles. The van der Waals surface area contributed by atoms with Crippen molar-refractivity contribution in [2.24, 2.45) is 0 Å². The molecule has 4 nitrogen and oxygen atoms in total. The first-order valence-corrected chi connectivity index (χ1v) is 9.00. The molecule has 0 aliphatic heterocycles. The van der Waals surface area contributed by atoms with Crippen LogP contribution in [0.1, 0.15) is 28.4 Å². The molecular formula is C23H22N3O+. The summed E-state index contributed by atoms with van der Waals surface area (Å²) in [4.78, 5) is 7.70. The zero-order valence-corrected chi connectivity index (χ0v) is 15.4. The van der Waals surface area contributed by atoms with Crippen LogP contribution in [0.15, 0.2) is 72.9 Å². The van der Waals surface area contributed by atoms with Gasteiger partial charge in [-0.05, 0) is 32.0 Å². The number of hydrogen-bond acceptors (Lipinski definition) is 3. The second kappa shape index (κ2) is 7.08. The van der Waals surface area contributed by atoms with Crippen molar-refractivity contribution < 1.29 is 10.1 Å². The van der Waals surface area contributed by atoms with E-state index < -0.39 is 0 Å². The normalized spacial score (nSPS) is 12.1. The highest BCUT2D eigenvalue weighted by atomic mass is 16.3. The Labute approximate surface area is 158 Å². The largest absolute Gasteiger partial charge is 0.505 e. The lowest BCUT2D eigenvalue weighted by Gasteiger charge is -2.18. The van der Waals surface area contributed by atoms with Crippen LogP contribution in [-0.2, 0) is 0 Å². The number of aromatic amines is 1. The number of benzene rings is 2. The quantitative estimate of drug-likeness (QED) is 0.563. The van der Waals surface area contributed by atoms with Crippen molar-refractivity contribution in [3.63, 3.8) is 0 Å². The van der Waals surface area contributed by atoms with E-state index in [-0.39, 0.29) is 11.8 Å². The molecule has 134 valence electrons. The van der Waals surface area contributed by atoms with Crippen LogP contribution >= 0.6 is 0 Å². The topological polar surface area (TPSA) is 59.3 Å². The summed E-state index contributed by atoms with van der Waals surface area (Å²) in [6.45, 7) is 4.08. The Hall–Kier alpha value is -3.40. The van der Waals surface area contributed by atoms with E-state index in [0.717, 1.165) is 28.0 Å². The minimum absolute atomic E-state index is 0.207. The molecule has 0 spiro atoms. The third kappa shape index (κ3) is 3.47. The first-order chi connectivity index (χ1) is 13.1. The molecule has 3 N–H and O–H groups in total. The fourth-order valence-electron chi connectivity index (χ4n) is 3.30. The highest BCUT2D eigenvalue weighted by molar-refractivity contribution is 5.85. The van der Waals surface area contributed by atoms with Gasteiger partial charge in [0.05, 0.1) is 5.69 Å². The van der Waals surface area contributed by atoms with Gasteiger partial charge < -0.3 is 5.11 Å². The zero-order valence-electron chi connectivity index (χ0n) is 15.4. The molecule has 0 aliphatic rings. The predicted octanol–water partition coefficient (Wildman–Crippen LogP) is 4.57. The Morgan fingerprint density at radius 3 is 2.52 bits per heavy atom. The molecule has 0 fully saturated rings. The number of pyridine rings is 2. The van der Waals surface area contributed by atoms with E-state index in [0.29, 0.717) is 5.52 Å². The minimum atomic E-state index is -0.213. The first kappa shape index (κ1) is 17.0. The fourth-order valence-corrected chi connectivity index (χ4v) is 3.30. The van der Waals surface area contributed by atoms with E-state index in [2.05, 4.69) is 46.5 Å². The number of hydrogen-bond donors (Lipinski definition) is 2. The van der Waals surface area contributed by atoms with Crippen molar-refractivity contribution in [2.45, 2.75) is 19.9 Å². The highest BCUT2D eigenvalue weighted by Gasteiger charge is 2.24. The second-order valence-corrected chi connectivity index (χ2v) is 6.81. The van der Waals surface area contributed by atoms with Gasteiger partial charge >= 0.3 is 0 Å². The minimum Gasteiger partial charge on any atom is -0.505 e. The molecule has 27 heavy (non-hydrogen) atoms. The summed E-state index contributed by atoms with van der Waals surface area (Å²) in [5.74, 6) is 1.10. The standard InChI is InChI=1S/C23H21N3O/c1-15-8-10-18(11-9-15)21(26-20-7-3-5-16(2)25-20)19-13-12-17-6-4-14-24-22(17)23(19)27/h3-14,21,27H,1-2H3,(H,25,26)/p+1/t21-/m1/s1. The molecule has 1 atom stereocenters. The third-order valence-corrected chi connectivity index (χ3v) is 4.74. The average Bonchev–Trinajstić information content (AvgIpc) is 2.68. The summed E-state index contributed by atoms with van der Waals surface area (Å²) in [7, 11) is 0. The molecule has 0 saturated carbocycles. The molecular weight excluding hydrogens is 334 g/mol. The number of nitrogens with one attached hydrogen (secondary N) is 2. The Morgan fingerprint density at radius 1 is 0.926 bits per heavy atom. The molecule has 4 aromatic rings. The smallest absolute Gasteiger partial charge is 0.273 e. The summed E-state index contributed by atoms with van der Waals surface area (Å²) < 4.78 is 0. The van der Waals surface area contributed by atoms with Crippen LogP contribution in [0.25, 0.3) is 10.9 Å². The summed E-state index contributed by atoms with van der Waals surface area (Å²) in [5.41, 5.74) is 4.74. The average molecular weight is 356 g/mol. The summed E-state index contributed by atoms with van der Waals surface area (Å²) in [5, 5.41) is 15.4. The third-order valence-electron chi connectivity index (χ3n) is 4.74. The number of fused-ring (bicyclic) bond motifs is 1. The second-order valence-electron chi connectivity index (χ2n) is 6.81. The summed E-state index contributed by atoms with van der Waals surface area (Å²) in [6, 6.07) is 21.9. The number of aryl methyl sites for hydroxylation is 2. The number of phenols is 1. The number of phenolic OH excluding ortho intramolecular Hbond substituents is 1. The summed E-state index contributed by atoms with van der Waals surface area (Å²) >= 11 is 0. The molecule has 2 aromatic heterocycles. The lowest BCUT2D eigenvalue weighted by Crippen LogP contribution is -2.20. The van der Waals surface area contributed by atoms with Crippen LogP contribution in [-0.4, -0.2) is 10.1 Å². The van der Waals surface area contributed by atoms with Crippen molar-refractivity contribution in [1.82, 2.24) is 4.98 Å². The van der Waals surface area contributed by atoms with Crippen LogP contribution in [0.5, 0.6) is 5.75 Å². The van der Waals surface area contributed by atoms with E-state index in [4.69, 9.17) is 0 Å². The lowest BCUT2D eigenvalue weighted by molar-refractivity contribution is -0.371. The summed E-state index contributed by atoms with van der Waals surface area (Å²) in [6.07, 6.45) is 1.70. The number of aromatic nitrogens is 2. The lowest BCUT2D eigenvalue weighted by atomic mass is 9.95. The van der Waals surface area contributed by atoms with Crippen molar-refractivity contribution in [2.75, 3.05) is 5.32 Å². The molecule has 2 heterocycles. The van der Waals surface area contributed by atoms with Gasteiger partial charge in [0, 0.05) is 28.8 Å². The molecule has 0 radical (unpaired) electrons. The van der Waals surface area contributed by atoms with Gasteiger partial charge in [-0.15, -0.1) is 0 Å². The van der Waals surface area contributed by atoms with Crippen molar-refractivity contribution in [3.8, 4) is 5.75 Å². The van der Waals surface area contributed by atoms with E-state index in [9.17, 15) is 5.11 Å². The Morgan fingerprint density at radius 2 is 1.74 bits per heavy atom. The van der Waals surface area contributed by atoms with E-state index in [1.54, 1.807) is 6.20 Å². The molecule has 0 bridgehead atoms. The van der Waals surface area contributed by atoms with Crippen LogP contribution in [0, 0.1) is 13.8 Å². The van der Waals surface area contributed by atoms with Crippen molar-refractivity contribution in [1.29, 1.82) is 0 Å². The van der Waals surface area contributed by atoms with Crippen LogP contribution in [0.3, 0.4) is 0 Å². The van der Waals surface area contributed by atoms with Gasteiger partial charge in [-0.2, -0.15) is 0 Å². The maximum atomic E-state index is 11.0. The number of aromatic hydroxyl groups is 1. The molecule has 0 aliphatic carbocycles. The van der Waals surface area contributed by atoms with Gasteiger partial charge in [-0.1, -0.05) is 48.0 Å². The number of nitrogens with zero attached hydrogens (tertiary/aromatic N) is 1. The van der Waals surface area contributed by atoms with E-state index in [1.165, 1.54) is 5.56 Å². The SMILES string of the molecule is Cc1ccc([C@@H](Nc2cccc(C)[nH+]2)c2ccc3cccnc3c2O)cc1. The molecule has 0 amide bonds. The van der Waals surface area contributed by atoms with Gasteiger partial charge in [0.25, 0.3) is 5.82 Å². The van der Waals surface area contributed by atoms with Crippen LogP contribution < -0.4 is 10.3 Å². The van der Waals surface area contributed by atoms with Gasteiger partial charge in [0.15, 0.2) is 0 Å². The zero-order chi connectivity index (χ0) is 18.8. The number of anilines is 1. The Balaban J connectivity index is 1.84. The first-order valence-electron chi connectivity index (χ1n) is 9.00. The fraction of sp³-hybridized carbons (Fsp3) is 0.130. The van der Waals surface area contributed by atoms with Crippen molar-refractivity contribution in [3.05, 3.63) is 95.3 Å². The molecule has 0 unspecified atom stereocenters. The van der Waals surface area contributed by atoms with Crippen LogP contribution in [0.2, 0.25) is 0 Å². The predicted molar refractivity (Wildman–Crippen MR) is 108 cm³/mol. The Kier molecular flexibility index (Phi) is 4.47. The maximum absolute atomic E-state index is 11.0. The molecule has 2 aromatic carbocycles. The molecule has 4 heteroatoms. The number of rotatable bonds is 4. The Bertz CT molecular complexity index is 1090. The van der Waals surface area contributed by atoms with E-state index >= 15 is 0 Å². The van der Waals surface area contributed by atoms with Crippen LogP contribution in [0.4, 0.5) is 5.82 Å². The van der Waals surface area contributed by atoms with Gasteiger partial charge in [0.1, 0.15) is 17.3 Å². The molecule has 4 rings (SSSR count). The maximum Gasteiger partial charge on any atom is 0.273 e. The van der Waals surface area contributed by atoms with Gasteiger partial charge in [0.2, 0.25) is 0 Å².